The number of hydrogen-bond acceptors (Lipinski definition) is 1. The van der Waals surface area contributed by atoms with Crippen molar-refractivity contribution in [1.29, 1.82) is 0 Å². The molecular weight excluding hydrogens is 466 g/mol. The number of aryl methyl sites for hydroxylation is 1. The first-order chi connectivity index (χ1) is 14.4. The van der Waals surface area contributed by atoms with Crippen LogP contribution in [0.5, 0.6) is 0 Å². The molecule has 0 fully saturated rings. The maximum atomic E-state index is 11.7. The van der Waals surface area contributed by atoms with Gasteiger partial charge in [-0.2, -0.15) is 4.57 Å². The van der Waals surface area contributed by atoms with E-state index in [0.717, 1.165) is 16.8 Å². The van der Waals surface area contributed by atoms with Crippen LogP contribution in [0.1, 0.15) is 11.1 Å². The van der Waals surface area contributed by atoms with Crippen LogP contribution < -0.4 is 39.3 Å². The molecule has 2 aromatic heterocycles. The highest BCUT2D eigenvalue weighted by atomic mass is 35.5. The van der Waals surface area contributed by atoms with Crippen molar-refractivity contribution in [2.45, 2.75) is 13.5 Å². The first-order valence-corrected chi connectivity index (χ1v) is 11.2. The van der Waals surface area contributed by atoms with E-state index in [-0.39, 0.29) is 30.1 Å². The average molecular weight is 489 g/mol. The van der Waals surface area contributed by atoms with Crippen molar-refractivity contribution in [2.24, 2.45) is 0 Å². The van der Waals surface area contributed by atoms with Gasteiger partial charge in [-0.1, -0.05) is 35.9 Å². The maximum Gasteiger partial charge on any atom is 0.356 e. The Hall–Kier alpha value is -2.53. The van der Waals surface area contributed by atoms with Crippen molar-refractivity contribution in [3.63, 3.8) is 0 Å². The third-order valence-corrected chi connectivity index (χ3v) is 6.11. The Morgan fingerprint density at radius 2 is 1.28 bits per heavy atom. The lowest BCUT2D eigenvalue weighted by Crippen LogP contribution is -3.00. The molecule has 2 aromatic carbocycles. The van der Waals surface area contributed by atoms with Gasteiger partial charge >= 0.3 is 7.60 Å². The lowest BCUT2D eigenvalue weighted by atomic mass is 10.1. The van der Waals surface area contributed by atoms with Crippen LogP contribution in [0.4, 0.5) is 0 Å². The Morgan fingerprint density at radius 1 is 0.750 bits per heavy atom. The summed E-state index contributed by atoms with van der Waals surface area (Å²) in [5.41, 5.74) is 5.13. The van der Waals surface area contributed by atoms with Gasteiger partial charge in [-0.3, -0.25) is 4.57 Å². The molecule has 0 aliphatic carbocycles. The standard InChI is InChI=1S/C24H21N2O3P.2ClH/c1-19-6-8-23(9-7-19)26-16-12-21(13-17-26)20-10-14-25(15-11-20)18-22-4-2-3-5-24(22)30(27,28)29;;/h2-17H,18H2,1H3;2*1H. The van der Waals surface area contributed by atoms with Crippen molar-refractivity contribution in [3.8, 4) is 16.8 Å². The molecule has 166 valence electrons. The van der Waals surface area contributed by atoms with E-state index in [0.29, 0.717) is 12.1 Å². The average Bonchev–Trinajstić information content (AvgIpc) is 2.75. The predicted molar refractivity (Wildman–Crippen MR) is 116 cm³/mol. The number of benzene rings is 2. The monoisotopic (exact) mass is 488 g/mol. The van der Waals surface area contributed by atoms with Crippen LogP contribution in [-0.2, 0) is 11.1 Å². The second-order valence-electron chi connectivity index (χ2n) is 7.26. The minimum atomic E-state index is -4.30. The Labute approximate surface area is 200 Å². The lowest BCUT2D eigenvalue weighted by molar-refractivity contribution is -0.688. The van der Waals surface area contributed by atoms with Crippen LogP contribution in [0.2, 0.25) is 0 Å². The summed E-state index contributed by atoms with van der Waals surface area (Å²) in [6.07, 6.45) is 7.92. The smallest absolute Gasteiger partial charge is 0.356 e. The molecule has 0 spiro atoms. The second kappa shape index (κ2) is 10.9. The summed E-state index contributed by atoms with van der Waals surface area (Å²) in [6.45, 7) is 2.47. The van der Waals surface area contributed by atoms with E-state index in [4.69, 9.17) is 0 Å². The van der Waals surface area contributed by atoms with Gasteiger partial charge < -0.3 is 34.6 Å². The quantitative estimate of drug-likeness (QED) is 0.234. The van der Waals surface area contributed by atoms with E-state index in [1.807, 2.05) is 41.5 Å². The summed E-state index contributed by atoms with van der Waals surface area (Å²) in [4.78, 5) is 19.1. The van der Waals surface area contributed by atoms with E-state index < -0.39 is 7.60 Å². The first-order valence-electron chi connectivity index (χ1n) is 9.62. The van der Waals surface area contributed by atoms with Crippen LogP contribution >= 0.6 is 7.60 Å². The fourth-order valence-corrected chi connectivity index (χ4v) is 4.19. The highest BCUT2D eigenvalue weighted by Gasteiger charge is 2.22. The molecule has 2 heterocycles. The third-order valence-electron chi connectivity index (χ3n) is 5.04. The molecule has 0 aliphatic rings. The lowest BCUT2D eigenvalue weighted by Gasteiger charge is -2.08. The van der Waals surface area contributed by atoms with Crippen molar-refractivity contribution in [2.75, 3.05) is 0 Å². The Morgan fingerprint density at radius 3 is 1.84 bits per heavy atom. The number of nitrogens with zero attached hydrogens (tertiary/aromatic N) is 2. The molecule has 0 unspecified atom stereocenters. The Kier molecular flexibility index (Phi) is 8.73. The Balaban J connectivity index is 0.00000181. The van der Waals surface area contributed by atoms with Gasteiger partial charge in [0.1, 0.15) is 0 Å². The number of rotatable bonds is 5. The van der Waals surface area contributed by atoms with Gasteiger partial charge in [-0.05, 0) is 24.1 Å². The first kappa shape index (κ1) is 25.7. The highest BCUT2D eigenvalue weighted by molar-refractivity contribution is 7.60. The van der Waals surface area contributed by atoms with Gasteiger partial charge in [0.05, 0.1) is 5.30 Å². The molecular formula is C24H23Cl2N2O3P. The van der Waals surface area contributed by atoms with E-state index in [9.17, 15) is 14.4 Å². The molecule has 2 N–H and O–H groups in total. The maximum absolute atomic E-state index is 11.7. The number of aromatic nitrogens is 2. The summed E-state index contributed by atoms with van der Waals surface area (Å²) in [7, 11) is -4.30. The topological polar surface area (TPSA) is 65.3 Å². The van der Waals surface area contributed by atoms with Crippen molar-refractivity contribution >= 4 is 12.9 Å². The molecule has 0 atom stereocenters. The SMILES string of the molecule is Cc1ccc(-[n+]2ccc(-c3cc[n+](Cc4ccccc4P(=O)(O)O)cc3)cc2)cc1.[Cl-].[Cl-]. The summed E-state index contributed by atoms with van der Waals surface area (Å²) < 4.78 is 15.7. The largest absolute Gasteiger partial charge is 1.00 e. The molecule has 5 nitrogen and oxygen atoms in total. The molecule has 4 aromatic rings. The fourth-order valence-electron chi connectivity index (χ4n) is 3.39. The molecule has 0 radical (unpaired) electrons. The molecule has 8 heteroatoms. The second-order valence-corrected chi connectivity index (χ2v) is 8.83. The molecule has 0 saturated carbocycles. The van der Waals surface area contributed by atoms with Crippen LogP contribution in [0.3, 0.4) is 0 Å². The van der Waals surface area contributed by atoms with Crippen molar-refractivity contribution in [3.05, 3.63) is 109 Å². The number of hydrogen-bond donors (Lipinski definition) is 2. The van der Waals surface area contributed by atoms with Crippen LogP contribution in [0.25, 0.3) is 16.8 Å². The van der Waals surface area contributed by atoms with Crippen LogP contribution in [0.15, 0.2) is 97.6 Å². The molecule has 0 amide bonds. The molecule has 0 bridgehead atoms. The zero-order valence-corrected chi connectivity index (χ0v) is 19.8. The summed E-state index contributed by atoms with van der Waals surface area (Å²) in [6, 6.07) is 23.2. The molecule has 0 saturated heterocycles. The van der Waals surface area contributed by atoms with E-state index in [1.165, 1.54) is 11.6 Å². The van der Waals surface area contributed by atoms with Gasteiger partial charge in [0, 0.05) is 42.0 Å². The van der Waals surface area contributed by atoms with Crippen molar-refractivity contribution in [1.82, 2.24) is 0 Å². The summed E-state index contributed by atoms with van der Waals surface area (Å²) >= 11 is 0. The van der Waals surface area contributed by atoms with Gasteiger partial charge in [-0.25, -0.2) is 4.57 Å². The minimum absolute atomic E-state index is 0. The van der Waals surface area contributed by atoms with Gasteiger partial charge in [-0.15, -0.1) is 0 Å². The fraction of sp³-hybridized carbons (Fsp3) is 0.0833. The van der Waals surface area contributed by atoms with Gasteiger partial charge in [0.25, 0.3) is 0 Å². The predicted octanol–water partition coefficient (Wildman–Crippen LogP) is -2.91. The van der Waals surface area contributed by atoms with Gasteiger partial charge in [0.2, 0.25) is 5.69 Å². The summed E-state index contributed by atoms with van der Waals surface area (Å²) in [5.74, 6) is 0. The van der Waals surface area contributed by atoms with Crippen LogP contribution in [0, 0.1) is 6.92 Å². The number of halogens is 2. The third kappa shape index (κ3) is 6.04. The molecule has 4 rings (SSSR count). The molecule has 32 heavy (non-hydrogen) atoms. The van der Waals surface area contributed by atoms with Gasteiger partial charge in [0.15, 0.2) is 31.3 Å². The zero-order valence-electron chi connectivity index (χ0n) is 17.3. The number of pyridine rings is 2. The highest BCUT2D eigenvalue weighted by Crippen LogP contribution is 2.34. The van der Waals surface area contributed by atoms with Crippen LogP contribution in [-0.4, -0.2) is 9.79 Å². The summed E-state index contributed by atoms with van der Waals surface area (Å²) in [5, 5.41) is 0.0743. The van der Waals surface area contributed by atoms with E-state index >= 15 is 0 Å². The van der Waals surface area contributed by atoms with E-state index in [2.05, 4.69) is 47.9 Å². The normalized spacial score (nSPS) is 10.7. The zero-order chi connectivity index (χ0) is 21.1. The molecule has 0 aliphatic heterocycles. The minimum Gasteiger partial charge on any atom is -1.00 e. The van der Waals surface area contributed by atoms with E-state index in [1.54, 1.807) is 18.2 Å². The van der Waals surface area contributed by atoms with Crippen molar-refractivity contribution < 1.29 is 48.3 Å². The Bertz CT molecular complexity index is 1210.